The van der Waals surface area contributed by atoms with E-state index in [4.69, 9.17) is 20.8 Å². The number of hydrogen-bond acceptors (Lipinski definition) is 3. The lowest BCUT2D eigenvalue weighted by Crippen LogP contribution is -2.03. The van der Waals surface area contributed by atoms with Crippen molar-refractivity contribution in [3.05, 3.63) is 99.4 Å². The molecule has 0 atom stereocenters. The average molecular weight is 377 g/mol. The molecule has 0 fully saturated rings. The molecule has 0 radical (unpaired) electrons. The van der Waals surface area contributed by atoms with Crippen molar-refractivity contribution < 1.29 is 9.15 Å². The van der Waals surface area contributed by atoms with Gasteiger partial charge in [0.05, 0.1) is 5.56 Å². The summed E-state index contributed by atoms with van der Waals surface area (Å²) in [5.41, 5.74) is 3.69. The highest BCUT2D eigenvalue weighted by Crippen LogP contribution is 2.25. The summed E-state index contributed by atoms with van der Waals surface area (Å²) in [6.07, 6.45) is 0. The molecule has 4 aromatic rings. The van der Waals surface area contributed by atoms with Crippen LogP contribution in [-0.2, 0) is 6.61 Å². The molecule has 134 valence electrons. The highest BCUT2D eigenvalue weighted by molar-refractivity contribution is 6.30. The van der Waals surface area contributed by atoms with Crippen LogP contribution >= 0.6 is 11.6 Å². The van der Waals surface area contributed by atoms with E-state index in [9.17, 15) is 4.79 Å². The molecule has 0 bridgehead atoms. The molecule has 0 aliphatic carbocycles. The summed E-state index contributed by atoms with van der Waals surface area (Å²) >= 11 is 5.92. The highest BCUT2D eigenvalue weighted by atomic mass is 35.5. The maximum absolute atomic E-state index is 12.4. The van der Waals surface area contributed by atoms with E-state index in [-0.39, 0.29) is 5.63 Å². The van der Waals surface area contributed by atoms with E-state index in [1.807, 2.05) is 37.3 Å². The number of rotatable bonds is 4. The first-order valence-electron chi connectivity index (χ1n) is 8.61. The Balaban J connectivity index is 1.61. The van der Waals surface area contributed by atoms with Crippen molar-refractivity contribution in [2.24, 2.45) is 0 Å². The van der Waals surface area contributed by atoms with E-state index in [0.29, 0.717) is 28.5 Å². The topological polar surface area (TPSA) is 39.4 Å². The van der Waals surface area contributed by atoms with E-state index >= 15 is 0 Å². The van der Waals surface area contributed by atoms with Crippen LogP contribution in [0.25, 0.3) is 22.1 Å². The van der Waals surface area contributed by atoms with Crippen molar-refractivity contribution in [3.63, 3.8) is 0 Å². The number of benzene rings is 3. The molecule has 0 aliphatic heterocycles. The van der Waals surface area contributed by atoms with Crippen molar-refractivity contribution in [2.45, 2.75) is 13.5 Å². The molecule has 0 aliphatic rings. The Hall–Kier alpha value is -3.04. The fourth-order valence-corrected chi connectivity index (χ4v) is 2.99. The molecule has 0 amide bonds. The van der Waals surface area contributed by atoms with Crippen LogP contribution in [0.3, 0.4) is 0 Å². The molecule has 0 saturated heterocycles. The minimum atomic E-state index is -0.388. The molecule has 0 N–H and O–H groups in total. The van der Waals surface area contributed by atoms with Gasteiger partial charge in [0.15, 0.2) is 0 Å². The summed E-state index contributed by atoms with van der Waals surface area (Å²) in [4.78, 5) is 12.4. The van der Waals surface area contributed by atoms with E-state index < -0.39 is 0 Å². The highest BCUT2D eigenvalue weighted by Gasteiger charge is 2.09. The third kappa shape index (κ3) is 3.88. The minimum Gasteiger partial charge on any atom is -0.489 e. The first-order chi connectivity index (χ1) is 13.1. The lowest BCUT2D eigenvalue weighted by molar-refractivity contribution is 0.306. The Morgan fingerprint density at radius 1 is 0.926 bits per heavy atom. The van der Waals surface area contributed by atoms with Gasteiger partial charge in [0.1, 0.15) is 17.9 Å². The van der Waals surface area contributed by atoms with Crippen LogP contribution < -0.4 is 10.4 Å². The Bertz CT molecular complexity index is 1140. The lowest BCUT2D eigenvalue weighted by atomic mass is 10.1. The van der Waals surface area contributed by atoms with Crippen molar-refractivity contribution >= 4 is 22.6 Å². The molecule has 27 heavy (non-hydrogen) atoms. The van der Waals surface area contributed by atoms with Gasteiger partial charge in [0.2, 0.25) is 0 Å². The summed E-state index contributed by atoms with van der Waals surface area (Å²) in [6.45, 7) is 2.51. The van der Waals surface area contributed by atoms with Crippen molar-refractivity contribution in [1.29, 1.82) is 0 Å². The second-order valence-electron chi connectivity index (χ2n) is 6.43. The van der Waals surface area contributed by atoms with Gasteiger partial charge in [-0.2, -0.15) is 0 Å². The molecule has 4 rings (SSSR count). The second-order valence-corrected chi connectivity index (χ2v) is 6.86. The summed E-state index contributed by atoms with van der Waals surface area (Å²) < 4.78 is 11.3. The van der Waals surface area contributed by atoms with Gasteiger partial charge >= 0.3 is 5.63 Å². The van der Waals surface area contributed by atoms with Gasteiger partial charge in [-0.3, -0.25) is 0 Å². The molecule has 3 aromatic carbocycles. The van der Waals surface area contributed by atoms with Crippen LogP contribution in [0.1, 0.15) is 11.1 Å². The van der Waals surface area contributed by atoms with Crippen LogP contribution in [0.4, 0.5) is 0 Å². The van der Waals surface area contributed by atoms with Crippen LogP contribution in [0.2, 0.25) is 5.02 Å². The zero-order valence-electron chi connectivity index (χ0n) is 14.7. The zero-order valence-corrected chi connectivity index (χ0v) is 15.5. The van der Waals surface area contributed by atoms with E-state index in [1.165, 1.54) is 5.56 Å². The number of hydrogen-bond donors (Lipinski definition) is 0. The van der Waals surface area contributed by atoms with Crippen molar-refractivity contribution in [3.8, 4) is 16.9 Å². The monoisotopic (exact) mass is 376 g/mol. The molecule has 1 heterocycles. The van der Waals surface area contributed by atoms with Crippen molar-refractivity contribution in [2.75, 3.05) is 0 Å². The molecular formula is C23H17ClO3. The second kappa shape index (κ2) is 7.29. The maximum atomic E-state index is 12.4. The van der Waals surface area contributed by atoms with E-state index in [2.05, 4.69) is 12.1 Å². The number of halogens is 1. The lowest BCUT2D eigenvalue weighted by Gasteiger charge is -2.08. The van der Waals surface area contributed by atoms with Gasteiger partial charge in [-0.05, 0) is 48.4 Å². The van der Waals surface area contributed by atoms with Crippen LogP contribution in [0, 0.1) is 6.92 Å². The molecule has 0 unspecified atom stereocenters. The maximum Gasteiger partial charge on any atom is 0.344 e. The smallest absolute Gasteiger partial charge is 0.344 e. The van der Waals surface area contributed by atoms with E-state index in [0.717, 1.165) is 16.5 Å². The van der Waals surface area contributed by atoms with E-state index in [1.54, 1.807) is 30.3 Å². The number of aryl methyl sites for hydroxylation is 1. The first kappa shape index (κ1) is 17.4. The number of fused-ring (bicyclic) bond motifs is 1. The largest absolute Gasteiger partial charge is 0.489 e. The van der Waals surface area contributed by atoms with Gasteiger partial charge < -0.3 is 9.15 Å². The van der Waals surface area contributed by atoms with Crippen molar-refractivity contribution in [1.82, 2.24) is 0 Å². The molecule has 4 heteroatoms. The predicted octanol–water partition coefficient (Wildman–Crippen LogP) is 6.00. The standard InChI is InChI=1S/C23H17ClO3/c1-15-2-4-16(5-3-15)14-26-20-11-8-18-12-21(23(25)27-22(18)13-20)17-6-9-19(24)10-7-17/h2-13H,14H2,1H3. The molecular weight excluding hydrogens is 360 g/mol. The summed E-state index contributed by atoms with van der Waals surface area (Å²) in [5.74, 6) is 0.658. The molecule has 1 aromatic heterocycles. The minimum absolute atomic E-state index is 0.388. The molecule has 3 nitrogen and oxygen atoms in total. The Labute approximate surface area is 161 Å². The SMILES string of the molecule is Cc1ccc(COc2ccc3cc(-c4ccc(Cl)cc4)c(=O)oc3c2)cc1. The van der Waals surface area contributed by atoms with Crippen LogP contribution in [0.15, 0.2) is 82.0 Å². The van der Waals surface area contributed by atoms with Gasteiger partial charge in [-0.25, -0.2) is 4.79 Å². The van der Waals surface area contributed by atoms with Crippen LogP contribution in [0.5, 0.6) is 5.75 Å². The normalized spacial score (nSPS) is 10.9. The quantitative estimate of drug-likeness (QED) is 0.410. The summed E-state index contributed by atoms with van der Waals surface area (Å²) in [6, 6.07) is 22.6. The van der Waals surface area contributed by atoms with Gasteiger partial charge in [-0.1, -0.05) is 53.6 Å². The number of ether oxygens (including phenoxy) is 1. The van der Waals surface area contributed by atoms with Crippen LogP contribution in [-0.4, -0.2) is 0 Å². The summed E-state index contributed by atoms with van der Waals surface area (Å²) in [7, 11) is 0. The Morgan fingerprint density at radius 2 is 1.67 bits per heavy atom. The average Bonchev–Trinajstić information content (AvgIpc) is 2.68. The van der Waals surface area contributed by atoms with Gasteiger partial charge in [-0.15, -0.1) is 0 Å². The van der Waals surface area contributed by atoms with Gasteiger partial charge in [0, 0.05) is 16.5 Å². The third-order valence-electron chi connectivity index (χ3n) is 4.39. The Morgan fingerprint density at radius 3 is 2.41 bits per heavy atom. The fraction of sp³-hybridized carbons (Fsp3) is 0.0870. The fourth-order valence-electron chi connectivity index (χ4n) is 2.86. The van der Waals surface area contributed by atoms with Gasteiger partial charge in [0.25, 0.3) is 0 Å². The molecule has 0 saturated carbocycles. The predicted molar refractivity (Wildman–Crippen MR) is 108 cm³/mol. The first-order valence-corrected chi connectivity index (χ1v) is 8.98. The zero-order chi connectivity index (χ0) is 18.8. The Kier molecular flexibility index (Phi) is 4.69. The summed E-state index contributed by atoms with van der Waals surface area (Å²) in [5, 5.41) is 1.46. The molecule has 0 spiro atoms. The third-order valence-corrected chi connectivity index (χ3v) is 4.64.